The van der Waals surface area contributed by atoms with Gasteiger partial charge in [0.15, 0.2) is 0 Å². The lowest BCUT2D eigenvalue weighted by Crippen LogP contribution is -2.50. The van der Waals surface area contributed by atoms with Crippen LogP contribution >= 0.6 is 12.2 Å². The van der Waals surface area contributed by atoms with E-state index in [1.165, 1.54) is 0 Å². The number of thiocarbonyl (C=S) groups is 1. The van der Waals surface area contributed by atoms with Crippen LogP contribution in [0, 0.1) is 5.41 Å². The maximum atomic E-state index is 11.0. The van der Waals surface area contributed by atoms with Gasteiger partial charge in [0.2, 0.25) is 0 Å². The Morgan fingerprint density at radius 3 is 2.38 bits per heavy atom. The number of nitrogens with two attached hydrogens (primary N) is 1. The molecule has 1 heterocycles. The summed E-state index contributed by atoms with van der Waals surface area (Å²) in [4.78, 5) is 13.6. The summed E-state index contributed by atoms with van der Waals surface area (Å²) < 4.78 is 0. The molecule has 3 N–H and O–H groups in total. The van der Waals surface area contributed by atoms with Gasteiger partial charge in [-0.2, -0.15) is 0 Å². The number of likely N-dealkylation sites (tertiary alicyclic amines) is 1. The number of carbonyl (C=O) groups is 1. The highest BCUT2D eigenvalue weighted by Crippen LogP contribution is 2.32. The Labute approximate surface area is 102 Å². The van der Waals surface area contributed by atoms with Gasteiger partial charge < -0.3 is 10.8 Å². The molecule has 1 aliphatic rings. The first-order chi connectivity index (χ1) is 7.40. The van der Waals surface area contributed by atoms with Crippen molar-refractivity contribution in [1.82, 2.24) is 4.90 Å². The first kappa shape index (κ1) is 13.4. The molecule has 4 nitrogen and oxygen atoms in total. The number of aliphatic carboxylic acids is 1. The van der Waals surface area contributed by atoms with Gasteiger partial charge in [0.1, 0.15) is 6.04 Å². The third-order valence-corrected chi connectivity index (χ3v) is 4.10. The minimum Gasteiger partial charge on any atom is -0.480 e. The molecule has 0 aromatic rings. The van der Waals surface area contributed by atoms with E-state index in [0.29, 0.717) is 11.4 Å². The van der Waals surface area contributed by atoms with E-state index < -0.39 is 5.97 Å². The Bertz CT molecular complexity index is 286. The Balaban J connectivity index is 2.61. The lowest BCUT2D eigenvalue weighted by Gasteiger charge is -2.40. The maximum absolute atomic E-state index is 11.0. The number of hydrogen-bond acceptors (Lipinski definition) is 3. The van der Waals surface area contributed by atoms with E-state index in [1.807, 2.05) is 11.8 Å². The third kappa shape index (κ3) is 2.71. The smallest absolute Gasteiger partial charge is 0.320 e. The number of hydrogen-bond donors (Lipinski definition) is 2. The molecule has 1 saturated heterocycles. The molecule has 0 bridgehead atoms. The van der Waals surface area contributed by atoms with Crippen LogP contribution in [-0.2, 0) is 4.79 Å². The minimum absolute atomic E-state index is 0.0946. The molecule has 0 amide bonds. The molecule has 1 rings (SSSR count). The lowest BCUT2D eigenvalue weighted by molar-refractivity contribution is -0.144. The molecule has 1 unspecified atom stereocenters. The zero-order chi connectivity index (χ0) is 12.3. The number of carboxylic acid groups (broad SMARTS) is 1. The van der Waals surface area contributed by atoms with E-state index >= 15 is 0 Å². The highest BCUT2D eigenvalue weighted by molar-refractivity contribution is 7.80. The molecule has 1 fully saturated rings. The summed E-state index contributed by atoms with van der Waals surface area (Å²) in [7, 11) is 0. The van der Waals surface area contributed by atoms with E-state index in [4.69, 9.17) is 23.1 Å². The standard InChI is InChI=1S/C11H20N2O2S/c1-3-8(9(14)15)13-6-4-11(2,5-7-13)10(12)16/h8H,3-7H2,1-2H3,(H2,12,16)(H,14,15). The summed E-state index contributed by atoms with van der Waals surface area (Å²) in [5, 5.41) is 9.07. The predicted molar refractivity (Wildman–Crippen MR) is 67.4 cm³/mol. The largest absolute Gasteiger partial charge is 0.480 e. The van der Waals surface area contributed by atoms with Gasteiger partial charge in [0, 0.05) is 5.41 Å². The summed E-state index contributed by atoms with van der Waals surface area (Å²) in [5.74, 6) is -0.735. The van der Waals surface area contributed by atoms with Gasteiger partial charge in [-0.15, -0.1) is 0 Å². The fourth-order valence-electron chi connectivity index (χ4n) is 2.16. The van der Waals surface area contributed by atoms with Crippen LogP contribution in [0.3, 0.4) is 0 Å². The monoisotopic (exact) mass is 244 g/mol. The van der Waals surface area contributed by atoms with Crippen molar-refractivity contribution in [2.24, 2.45) is 11.1 Å². The lowest BCUT2D eigenvalue weighted by atomic mass is 9.80. The molecular weight excluding hydrogens is 224 g/mol. The van der Waals surface area contributed by atoms with Gasteiger partial charge in [0.05, 0.1) is 4.99 Å². The average molecular weight is 244 g/mol. The van der Waals surface area contributed by atoms with Crippen molar-refractivity contribution < 1.29 is 9.90 Å². The van der Waals surface area contributed by atoms with E-state index in [9.17, 15) is 4.79 Å². The Hall–Kier alpha value is -0.680. The SMILES string of the molecule is CCC(C(=O)O)N1CCC(C)(C(N)=S)CC1. The first-order valence-corrected chi connectivity index (χ1v) is 6.08. The zero-order valence-corrected chi connectivity index (χ0v) is 10.7. The second-order valence-corrected chi connectivity index (χ2v) is 5.16. The molecular formula is C11H20N2O2S. The fraction of sp³-hybridized carbons (Fsp3) is 0.818. The van der Waals surface area contributed by atoms with Crippen molar-refractivity contribution in [2.45, 2.75) is 39.2 Å². The fourth-order valence-corrected chi connectivity index (χ4v) is 2.37. The van der Waals surface area contributed by atoms with Crippen LogP contribution in [0.2, 0.25) is 0 Å². The van der Waals surface area contributed by atoms with Crippen LogP contribution in [0.5, 0.6) is 0 Å². The normalized spacial score (nSPS) is 22.6. The van der Waals surface area contributed by atoms with Crippen molar-refractivity contribution in [1.29, 1.82) is 0 Å². The summed E-state index contributed by atoms with van der Waals surface area (Å²) in [6, 6.07) is -0.365. The molecule has 0 spiro atoms. The highest BCUT2D eigenvalue weighted by atomic mass is 32.1. The molecule has 1 aliphatic heterocycles. The molecule has 92 valence electrons. The van der Waals surface area contributed by atoms with Crippen LogP contribution in [0.15, 0.2) is 0 Å². The number of rotatable bonds is 4. The summed E-state index contributed by atoms with van der Waals surface area (Å²) in [6.45, 7) is 5.49. The summed E-state index contributed by atoms with van der Waals surface area (Å²) >= 11 is 5.06. The van der Waals surface area contributed by atoms with E-state index in [2.05, 4.69) is 6.92 Å². The molecule has 16 heavy (non-hydrogen) atoms. The van der Waals surface area contributed by atoms with Gasteiger partial charge >= 0.3 is 5.97 Å². The molecule has 0 aromatic heterocycles. The second kappa shape index (κ2) is 5.10. The van der Waals surface area contributed by atoms with Gasteiger partial charge in [-0.1, -0.05) is 26.1 Å². The quantitative estimate of drug-likeness (QED) is 0.728. The topological polar surface area (TPSA) is 66.6 Å². The number of carboxylic acids is 1. The van der Waals surface area contributed by atoms with Crippen molar-refractivity contribution in [3.63, 3.8) is 0 Å². The van der Waals surface area contributed by atoms with Crippen molar-refractivity contribution in [3.05, 3.63) is 0 Å². The van der Waals surface area contributed by atoms with E-state index in [-0.39, 0.29) is 11.5 Å². The third-order valence-electron chi connectivity index (χ3n) is 3.61. The molecule has 5 heteroatoms. The summed E-state index contributed by atoms with van der Waals surface area (Å²) in [6.07, 6.45) is 2.34. The van der Waals surface area contributed by atoms with Gasteiger partial charge in [0.25, 0.3) is 0 Å². The molecule has 0 aromatic carbocycles. The minimum atomic E-state index is -0.735. The molecule has 0 radical (unpaired) electrons. The second-order valence-electron chi connectivity index (χ2n) is 4.72. The van der Waals surface area contributed by atoms with Gasteiger partial charge in [-0.05, 0) is 32.4 Å². The van der Waals surface area contributed by atoms with Gasteiger partial charge in [-0.3, -0.25) is 9.69 Å². The van der Waals surface area contributed by atoms with Crippen molar-refractivity contribution in [2.75, 3.05) is 13.1 Å². The van der Waals surface area contributed by atoms with Crippen LogP contribution in [0.1, 0.15) is 33.1 Å². The Kier molecular flexibility index (Phi) is 4.27. The van der Waals surface area contributed by atoms with E-state index in [0.717, 1.165) is 25.9 Å². The van der Waals surface area contributed by atoms with Crippen LogP contribution in [-0.4, -0.2) is 40.1 Å². The predicted octanol–water partition coefficient (Wildman–Crippen LogP) is 1.24. The van der Waals surface area contributed by atoms with Crippen LogP contribution in [0.4, 0.5) is 0 Å². The molecule has 0 aliphatic carbocycles. The highest BCUT2D eigenvalue weighted by Gasteiger charge is 2.36. The molecule has 1 atom stereocenters. The average Bonchev–Trinajstić information content (AvgIpc) is 2.21. The Morgan fingerprint density at radius 2 is 2.06 bits per heavy atom. The van der Waals surface area contributed by atoms with Crippen LogP contribution in [0.25, 0.3) is 0 Å². The zero-order valence-electron chi connectivity index (χ0n) is 9.90. The Morgan fingerprint density at radius 1 is 1.56 bits per heavy atom. The van der Waals surface area contributed by atoms with E-state index in [1.54, 1.807) is 0 Å². The summed E-state index contributed by atoms with van der Waals surface area (Å²) in [5.41, 5.74) is 5.62. The maximum Gasteiger partial charge on any atom is 0.320 e. The first-order valence-electron chi connectivity index (χ1n) is 5.67. The number of nitrogens with zero attached hydrogens (tertiary/aromatic N) is 1. The van der Waals surface area contributed by atoms with Gasteiger partial charge in [-0.25, -0.2) is 0 Å². The van der Waals surface area contributed by atoms with Crippen LogP contribution < -0.4 is 5.73 Å². The van der Waals surface area contributed by atoms with Crippen molar-refractivity contribution in [3.8, 4) is 0 Å². The molecule has 0 saturated carbocycles. The number of piperidine rings is 1. The van der Waals surface area contributed by atoms with Crippen molar-refractivity contribution >= 4 is 23.2 Å².